The van der Waals surface area contributed by atoms with Crippen LogP contribution in [0, 0.1) is 12.2 Å². The molecule has 0 aliphatic heterocycles. The Balaban J connectivity index is 0. The summed E-state index contributed by atoms with van der Waals surface area (Å²) in [6.45, 7) is 0. The number of rotatable bonds is 0. The summed E-state index contributed by atoms with van der Waals surface area (Å²) in [5, 5.41) is 0. The molecule has 0 bridgehead atoms. The molecule has 0 aromatic rings. The summed E-state index contributed by atoms with van der Waals surface area (Å²) >= 11 is 0. The van der Waals surface area contributed by atoms with E-state index in [0.717, 1.165) is 12.8 Å². The first-order chi connectivity index (χ1) is 5.00. The second-order valence-corrected chi connectivity index (χ2v) is 2.01. The van der Waals surface area contributed by atoms with Crippen molar-refractivity contribution in [1.29, 1.82) is 0 Å². The molecule has 0 saturated heterocycles. The molecule has 0 spiro atoms. The SMILES string of the molecule is C.[C-]1=CC=CC1.[C-]1=CC=CC1.[Hf]. The zero-order valence-corrected chi connectivity index (χ0v) is 9.97. The number of hydrogen-bond acceptors (Lipinski definition) is 0. The van der Waals surface area contributed by atoms with Crippen molar-refractivity contribution in [2.75, 3.05) is 0 Å². The maximum atomic E-state index is 2.99. The van der Waals surface area contributed by atoms with Crippen LogP contribution in [0.15, 0.2) is 36.5 Å². The zero-order chi connectivity index (χ0) is 7.07. The van der Waals surface area contributed by atoms with Crippen LogP contribution in [-0.2, 0) is 25.8 Å². The van der Waals surface area contributed by atoms with Crippen LogP contribution in [0.5, 0.6) is 0 Å². The summed E-state index contributed by atoms with van der Waals surface area (Å²) in [5.74, 6) is 0. The van der Waals surface area contributed by atoms with Gasteiger partial charge in [0.05, 0.1) is 0 Å². The largest absolute Gasteiger partial charge is 0.273 e. The first-order valence-corrected chi connectivity index (χ1v) is 3.43. The standard InChI is InChI=1S/2C5H5.CH4.Hf/c2*1-2-4-5-3-1;;/h2*1-3H,4H2;1H4;/q2*-1;;. The van der Waals surface area contributed by atoms with Crippen LogP contribution in [0.1, 0.15) is 20.3 Å². The minimum Gasteiger partial charge on any atom is -0.273 e. The van der Waals surface area contributed by atoms with Crippen molar-refractivity contribution < 1.29 is 25.8 Å². The number of allylic oxidation sites excluding steroid dienone is 8. The van der Waals surface area contributed by atoms with Gasteiger partial charge >= 0.3 is 0 Å². The molecule has 0 atom stereocenters. The molecule has 2 aliphatic carbocycles. The van der Waals surface area contributed by atoms with E-state index < -0.39 is 0 Å². The Hall–Kier alpha value is -0.170. The Morgan fingerprint density at radius 2 is 1.25 bits per heavy atom. The van der Waals surface area contributed by atoms with Crippen molar-refractivity contribution in [3.63, 3.8) is 0 Å². The Bertz CT molecular complexity index is 143. The maximum Gasteiger partial charge on any atom is 0 e. The Kier molecular flexibility index (Phi) is 13.0. The van der Waals surface area contributed by atoms with E-state index in [2.05, 4.69) is 24.3 Å². The van der Waals surface area contributed by atoms with Gasteiger partial charge in [-0.05, 0) is 0 Å². The molecular weight excluding hydrogens is 311 g/mol. The molecule has 0 aromatic carbocycles. The van der Waals surface area contributed by atoms with E-state index in [1.807, 2.05) is 24.3 Å². The van der Waals surface area contributed by atoms with Gasteiger partial charge in [-0.3, -0.25) is 12.2 Å². The van der Waals surface area contributed by atoms with Gasteiger partial charge in [0.2, 0.25) is 0 Å². The predicted molar refractivity (Wildman–Crippen MR) is 49.9 cm³/mol. The molecular formula is C11H14Hf-2. The fourth-order valence-electron chi connectivity index (χ4n) is 0.680. The van der Waals surface area contributed by atoms with E-state index in [0.29, 0.717) is 0 Å². The molecule has 0 heterocycles. The quantitative estimate of drug-likeness (QED) is 0.474. The molecule has 0 radical (unpaired) electrons. The molecule has 2 aliphatic rings. The van der Waals surface area contributed by atoms with Gasteiger partial charge in [0.1, 0.15) is 0 Å². The van der Waals surface area contributed by atoms with E-state index >= 15 is 0 Å². The van der Waals surface area contributed by atoms with Gasteiger partial charge in [0, 0.05) is 25.8 Å². The van der Waals surface area contributed by atoms with Gasteiger partial charge < -0.3 is 0 Å². The molecule has 0 N–H and O–H groups in total. The molecule has 0 nitrogen and oxygen atoms in total. The van der Waals surface area contributed by atoms with Gasteiger partial charge in [-0.1, -0.05) is 7.43 Å². The monoisotopic (exact) mass is 326 g/mol. The molecule has 0 saturated carbocycles. The molecule has 2 rings (SSSR count). The molecule has 0 unspecified atom stereocenters. The minimum absolute atomic E-state index is 0. The molecule has 1 heteroatoms. The minimum atomic E-state index is 0. The predicted octanol–water partition coefficient (Wildman–Crippen LogP) is 3.24. The van der Waals surface area contributed by atoms with E-state index in [1.54, 1.807) is 0 Å². The van der Waals surface area contributed by atoms with Crippen molar-refractivity contribution in [2.45, 2.75) is 20.3 Å². The summed E-state index contributed by atoms with van der Waals surface area (Å²) in [7, 11) is 0. The Labute approximate surface area is 94.5 Å². The molecule has 64 valence electrons. The first kappa shape index (κ1) is 14.4. The van der Waals surface area contributed by atoms with Crippen molar-refractivity contribution in [3.8, 4) is 0 Å². The third-order valence-corrected chi connectivity index (χ3v) is 1.17. The van der Waals surface area contributed by atoms with Crippen LogP contribution in [0.4, 0.5) is 0 Å². The summed E-state index contributed by atoms with van der Waals surface area (Å²) in [6, 6.07) is 0. The van der Waals surface area contributed by atoms with Crippen LogP contribution in [0.25, 0.3) is 0 Å². The third kappa shape index (κ3) is 7.93. The topological polar surface area (TPSA) is 0 Å². The van der Waals surface area contributed by atoms with Gasteiger partial charge in [-0.15, -0.1) is 12.8 Å². The van der Waals surface area contributed by atoms with E-state index in [4.69, 9.17) is 0 Å². The van der Waals surface area contributed by atoms with Crippen molar-refractivity contribution in [1.82, 2.24) is 0 Å². The summed E-state index contributed by atoms with van der Waals surface area (Å²) in [5.41, 5.74) is 0. The first-order valence-electron chi connectivity index (χ1n) is 3.43. The van der Waals surface area contributed by atoms with Crippen molar-refractivity contribution in [2.24, 2.45) is 0 Å². The molecule has 0 amide bonds. The van der Waals surface area contributed by atoms with E-state index in [1.165, 1.54) is 0 Å². The average Bonchev–Trinajstić information content (AvgIpc) is 2.67. The fraction of sp³-hybridized carbons (Fsp3) is 0.273. The summed E-state index contributed by atoms with van der Waals surface area (Å²) in [6.07, 6.45) is 20.0. The van der Waals surface area contributed by atoms with Crippen LogP contribution in [0.2, 0.25) is 0 Å². The maximum absolute atomic E-state index is 2.99. The zero-order valence-electron chi connectivity index (χ0n) is 6.38. The van der Waals surface area contributed by atoms with Crippen LogP contribution >= 0.6 is 0 Å². The summed E-state index contributed by atoms with van der Waals surface area (Å²) in [4.78, 5) is 0. The van der Waals surface area contributed by atoms with Gasteiger partial charge in [0.15, 0.2) is 0 Å². The fourth-order valence-corrected chi connectivity index (χ4v) is 0.680. The summed E-state index contributed by atoms with van der Waals surface area (Å²) < 4.78 is 0. The van der Waals surface area contributed by atoms with E-state index in [-0.39, 0.29) is 33.3 Å². The Morgan fingerprint density at radius 1 is 0.833 bits per heavy atom. The molecule has 12 heavy (non-hydrogen) atoms. The average molecular weight is 325 g/mol. The smallest absolute Gasteiger partial charge is 0 e. The second-order valence-electron chi connectivity index (χ2n) is 2.01. The normalized spacial score (nSPS) is 14.7. The van der Waals surface area contributed by atoms with Gasteiger partial charge in [-0.2, -0.15) is 12.2 Å². The molecule has 0 aromatic heterocycles. The van der Waals surface area contributed by atoms with Gasteiger partial charge in [0.25, 0.3) is 0 Å². The van der Waals surface area contributed by atoms with Crippen molar-refractivity contribution >= 4 is 0 Å². The van der Waals surface area contributed by atoms with Crippen LogP contribution in [0.3, 0.4) is 0 Å². The van der Waals surface area contributed by atoms with Crippen LogP contribution in [-0.4, -0.2) is 0 Å². The Morgan fingerprint density at radius 3 is 1.33 bits per heavy atom. The molecule has 0 fully saturated rings. The van der Waals surface area contributed by atoms with E-state index in [9.17, 15) is 0 Å². The number of hydrogen-bond donors (Lipinski definition) is 0. The third-order valence-electron chi connectivity index (χ3n) is 1.17. The van der Waals surface area contributed by atoms with Crippen molar-refractivity contribution in [3.05, 3.63) is 48.6 Å². The van der Waals surface area contributed by atoms with Crippen LogP contribution < -0.4 is 0 Å². The second kappa shape index (κ2) is 10.8. The van der Waals surface area contributed by atoms with Gasteiger partial charge in [-0.25, -0.2) is 24.3 Å².